The van der Waals surface area contributed by atoms with Crippen LogP contribution in [-0.4, -0.2) is 19.0 Å². The molecule has 54 valence electrons. The van der Waals surface area contributed by atoms with Crippen LogP contribution in [-0.2, 0) is 4.74 Å². The van der Waals surface area contributed by atoms with Gasteiger partial charge >= 0.3 is 0 Å². The number of ether oxygens (including phenoxy) is 1. The Morgan fingerprint density at radius 1 is 1.12 bits per heavy atom. The molecule has 0 heterocycles. The van der Waals surface area contributed by atoms with Gasteiger partial charge in [0, 0.05) is 7.11 Å². The topological polar surface area (TPSA) is 29.5 Å². The van der Waals surface area contributed by atoms with Crippen LogP contribution in [0.3, 0.4) is 0 Å². The lowest BCUT2D eigenvalue weighted by Gasteiger charge is -1.76. The molecule has 0 aliphatic heterocycles. The lowest BCUT2D eigenvalue weighted by molar-refractivity contribution is 0.0325. The molecule has 0 saturated carbocycles. The van der Waals surface area contributed by atoms with E-state index in [1.54, 1.807) is 0 Å². The van der Waals surface area contributed by atoms with Gasteiger partial charge in [0.1, 0.15) is 6.79 Å². The Bertz CT molecular complexity index is 8.49. The molecule has 8 heavy (non-hydrogen) atoms. The number of hydrogen-bond acceptors (Lipinski definition) is 2. The van der Waals surface area contributed by atoms with Crippen molar-refractivity contribution in [3.8, 4) is 0 Å². The van der Waals surface area contributed by atoms with Gasteiger partial charge in [-0.15, -0.1) is 0 Å². The summed E-state index contributed by atoms with van der Waals surface area (Å²) in [6.07, 6.45) is 0. The van der Waals surface area contributed by atoms with Crippen molar-refractivity contribution in [1.82, 2.24) is 0 Å². The third-order valence-electron chi connectivity index (χ3n) is 0.129. The van der Waals surface area contributed by atoms with Crippen LogP contribution in [0.1, 0.15) is 27.7 Å². The molecule has 0 aliphatic rings. The minimum atomic E-state index is -0.181. The average molecular weight is 122 g/mol. The minimum Gasteiger partial charge on any atom is -0.371 e. The monoisotopic (exact) mass is 122 g/mol. The summed E-state index contributed by atoms with van der Waals surface area (Å²) in [5, 5.41) is 7.65. The summed E-state index contributed by atoms with van der Waals surface area (Å²) in [7, 11) is 1.43. The molecule has 0 aromatic heterocycles. The maximum atomic E-state index is 7.65. The van der Waals surface area contributed by atoms with E-state index in [1.165, 1.54) is 7.11 Å². The van der Waals surface area contributed by atoms with Crippen LogP contribution in [0.15, 0.2) is 0 Å². The normalized spacial score (nSPS) is 5.25. The first-order chi connectivity index (χ1) is 3.91. The van der Waals surface area contributed by atoms with E-state index < -0.39 is 0 Å². The molecule has 0 rings (SSSR count). The van der Waals surface area contributed by atoms with Gasteiger partial charge in [-0.2, -0.15) is 0 Å². The van der Waals surface area contributed by atoms with E-state index >= 15 is 0 Å². The summed E-state index contributed by atoms with van der Waals surface area (Å²) in [6.45, 7) is 7.82. The Morgan fingerprint density at radius 3 is 1.25 bits per heavy atom. The van der Waals surface area contributed by atoms with Crippen molar-refractivity contribution in [3.05, 3.63) is 0 Å². The van der Waals surface area contributed by atoms with Gasteiger partial charge in [0.25, 0.3) is 0 Å². The van der Waals surface area contributed by atoms with Crippen molar-refractivity contribution in [3.63, 3.8) is 0 Å². The van der Waals surface area contributed by atoms with Gasteiger partial charge in [-0.25, -0.2) is 0 Å². The fraction of sp³-hybridized carbons (Fsp3) is 1.00. The maximum Gasteiger partial charge on any atom is 0.143 e. The van der Waals surface area contributed by atoms with E-state index in [0.717, 1.165) is 0 Å². The van der Waals surface area contributed by atoms with E-state index in [4.69, 9.17) is 5.11 Å². The summed E-state index contributed by atoms with van der Waals surface area (Å²) in [6, 6.07) is 0. The van der Waals surface area contributed by atoms with Crippen molar-refractivity contribution in [2.45, 2.75) is 27.7 Å². The predicted octanol–water partition coefficient (Wildman–Crippen LogP) is 1.64. The van der Waals surface area contributed by atoms with Crippen molar-refractivity contribution in [2.75, 3.05) is 13.9 Å². The Hall–Kier alpha value is -0.0800. The molecule has 0 spiro atoms. The van der Waals surface area contributed by atoms with E-state index in [2.05, 4.69) is 4.74 Å². The van der Waals surface area contributed by atoms with Crippen molar-refractivity contribution in [1.29, 1.82) is 0 Å². The van der Waals surface area contributed by atoms with Crippen LogP contribution in [0.4, 0.5) is 0 Å². The zero-order chi connectivity index (χ0) is 7.41. The number of rotatable bonds is 1. The number of methoxy groups -OCH3 is 1. The van der Waals surface area contributed by atoms with E-state index in [9.17, 15) is 0 Å². The second-order valence-electron chi connectivity index (χ2n) is 0.418. The zero-order valence-electron chi connectivity index (χ0n) is 6.56. The van der Waals surface area contributed by atoms with Crippen molar-refractivity contribution < 1.29 is 9.84 Å². The van der Waals surface area contributed by atoms with Gasteiger partial charge in [0.05, 0.1) is 0 Å². The standard InChI is InChI=1S/C2H6O2.2C2H6/c1-4-2-3;2*1-2/h3H,2H2,1H3;2*1-2H3. The molecule has 0 unspecified atom stereocenters. The lowest BCUT2D eigenvalue weighted by Crippen LogP contribution is -1.79. The molecule has 2 nitrogen and oxygen atoms in total. The summed E-state index contributed by atoms with van der Waals surface area (Å²) >= 11 is 0. The third kappa shape index (κ3) is 169. The lowest BCUT2D eigenvalue weighted by atomic mass is 11.0. The Balaban J connectivity index is -0.0000000542. The quantitative estimate of drug-likeness (QED) is 0.536. The summed E-state index contributed by atoms with van der Waals surface area (Å²) in [5.74, 6) is 0. The first-order valence-corrected chi connectivity index (χ1v) is 3.01. The van der Waals surface area contributed by atoms with Gasteiger partial charge in [-0.05, 0) is 0 Å². The van der Waals surface area contributed by atoms with Crippen LogP contribution in [0.5, 0.6) is 0 Å². The highest BCUT2D eigenvalue weighted by Crippen LogP contribution is 1.46. The second-order valence-corrected chi connectivity index (χ2v) is 0.418. The Labute approximate surface area is 52.5 Å². The molecule has 1 N–H and O–H groups in total. The molecule has 0 saturated heterocycles. The maximum absolute atomic E-state index is 7.65. The predicted molar refractivity (Wildman–Crippen MR) is 36.8 cm³/mol. The SMILES string of the molecule is CC.CC.COCO. The number of aliphatic hydroxyl groups is 1. The molecule has 2 heteroatoms. The molecular formula is C6H18O2. The van der Waals surface area contributed by atoms with Crippen LogP contribution < -0.4 is 0 Å². The highest BCUT2D eigenvalue weighted by molar-refractivity contribution is 3.72. The molecular weight excluding hydrogens is 104 g/mol. The highest BCUT2D eigenvalue weighted by Gasteiger charge is 1.51. The summed E-state index contributed by atoms with van der Waals surface area (Å²) < 4.78 is 4.10. The Kier molecular flexibility index (Phi) is 129. The van der Waals surface area contributed by atoms with Gasteiger partial charge < -0.3 is 9.84 Å². The second kappa shape index (κ2) is 65.8. The van der Waals surface area contributed by atoms with Crippen LogP contribution in [0.25, 0.3) is 0 Å². The van der Waals surface area contributed by atoms with Crippen LogP contribution in [0.2, 0.25) is 0 Å². The van der Waals surface area contributed by atoms with Crippen molar-refractivity contribution >= 4 is 0 Å². The first kappa shape index (κ1) is 15.7. The fourth-order valence-electron chi connectivity index (χ4n) is 0. The molecule has 0 atom stereocenters. The Morgan fingerprint density at radius 2 is 1.25 bits per heavy atom. The van der Waals surface area contributed by atoms with E-state index in [-0.39, 0.29) is 6.79 Å². The molecule has 0 radical (unpaired) electrons. The van der Waals surface area contributed by atoms with Crippen molar-refractivity contribution in [2.24, 2.45) is 0 Å². The number of hydrogen-bond donors (Lipinski definition) is 1. The number of aliphatic hydroxyl groups excluding tert-OH is 1. The van der Waals surface area contributed by atoms with Crippen LogP contribution in [0, 0.1) is 0 Å². The average Bonchev–Trinajstić information content (AvgIpc) is 1.96. The van der Waals surface area contributed by atoms with Gasteiger partial charge in [-0.1, -0.05) is 27.7 Å². The van der Waals surface area contributed by atoms with Crippen LogP contribution >= 0.6 is 0 Å². The van der Waals surface area contributed by atoms with E-state index in [0.29, 0.717) is 0 Å². The molecule has 0 amide bonds. The highest BCUT2D eigenvalue weighted by atomic mass is 16.6. The smallest absolute Gasteiger partial charge is 0.143 e. The summed E-state index contributed by atoms with van der Waals surface area (Å²) in [4.78, 5) is 0. The first-order valence-electron chi connectivity index (χ1n) is 3.01. The largest absolute Gasteiger partial charge is 0.371 e. The van der Waals surface area contributed by atoms with Gasteiger partial charge in [0.15, 0.2) is 0 Å². The minimum absolute atomic E-state index is 0.181. The third-order valence-corrected chi connectivity index (χ3v) is 0.129. The molecule has 0 fully saturated rings. The molecule has 0 aromatic carbocycles. The van der Waals surface area contributed by atoms with Gasteiger partial charge in [-0.3, -0.25) is 0 Å². The summed E-state index contributed by atoms with van der Waals surface area (Å²) in [5.41, 5.74) is 0. The van der Waals surface area contributed by atoms with Gasteiger partial charge in [0.2, 0.25) is 0 Å². The fourth-order valence-corrected chi connectivity index (χ4v) is 0. The molecule has 0 bridgehead atoms. The zero-order valence-corrected chi connectivity index (χ0v) is 6.56. The molecule has 0 aliphatic carbocycles. The molecule has 0 aromatic rings. The van der Waals surface area contributed by atoms with E-state index in [1.807, 2.05) is 27.7 Å².